The molecule has 13 heavy (non-hydrogen) atoms. The molecule has 0 amide bonds. The summed E-state index contributed by atoms with van der Waals surface area (Å²) in [5.41, 5.74) is 0. The van der Waals surface area contributed by atoms with Crippen molar-refractivity contribution < 1.29 is 8.42 Å². The third-order valence-electron chi connectivity index (χ3n) is 1.97. The molecule has 1 aliphatic heterocycles. The molecule has 0 aliphatic carbocycles. The van der Waals surface area contributed by atoms with Crippen molar-refractivity contribution in [1.29, 1.82) is 0 Å². The third-order valence-corrected chi connectivity index (χ3v) is 4.25. The molecular weight excluding hydrogens is 214 g/mol. The van der Waals surface area contributed by atoms with Crippen LogP contribution in [0.25, 0.3) is 0 Å². The third kappa shape index (κ3) is 2.54. The van der Waals surface area contributed by atoms with Crippen LogP contribution in [0.4, 0.5) is 0 Å². The van der Waals surface area contributed by atoms with Crippen molar-refractivity contribution >= 4 is 22.0 Å². The zero-order valence-electron chi connectivity index (χ0n) is 7.77. The fourth-order valence-corrected chi connectivity index (χ4v) is 2.36. The van der Waals surface area contributed by atoms with E-state index in [2.05, 4.69) is 0 Å². The fraction of sp³-hybridized carbons (Fsp3) is 1.00. The first-order chi connectivity index (χ1) is 5.94. The van der Waals surface area contributed by atoms with Crippen molar-refractivity contribution in [1.82, 2.24) is 13.0 Å². The lowest BCUT2D eigenvalue weighted by Gasteiger charge is -2.31. The number of rotatable bonds is 2. The van der Waals surface area contributed by atoms with E-state index in [-0.39, 0.29) is 0 Å². The van der Waals surface area contributed by atoms with Crippen molar-refractivity contribution in [3.8, 4) is 0 Å². The molecule has 0 saturated carbocycles. The molecule has 7 heteroatoms. The Hall–Kier alpha value is 0.120. The minimum absolute atomic E-state index is 0.462. The van der Waals surface area contributed by atoms with Crippen LogP contribution >= 0.6 is 11.8 Å². The van der Waals surface area contributed by atoms with Gasteiger partial charge in [0.05, 0.1) is 0 Å². The lowest BCUT2D eigenvalue weighted by atomic mass is 10.4. The Morgan fingerprint density at radius 3 is 2.00 bits per heavy atom. The largest absolute Gasteiger partial charge is 0.281 e. The zero-order valence-corrected chi connectivity index (χ0v) is 9.35. The van der Waals surface area contributed by atoms with Gasteiger partial charge in [0.25, 0.3) is 10.2 Å². The maximum absolute atomic E-state index is 11.6. The Kier molecular flexibility index (Phi) is 3.53. The van der Waals surface area contributed by atoms with E-state index in [9.17, 15) is 8.42 Å². The van der Waals surface area contributed by atoms with Crippen LogP contribution in [0.1, 0.15) is 0 Å². The Morgan fingerprint density at radius 1 is 1.15 bits per heavy atom. The summed E-state index contributed by atoms with van der Waals surface area (Å²) >= 11 is 5.71. The number of hydrogen-bond donors (Lipinski definition) is 0. The second kappa shape index (κ2) is 4.10. The Morgan fingerprint density at radius 2 is 1.62 bits per heavy atom. The standard InChI is InChI=1S/C6H14ClN3O2S/c1-8(2)13(11,12)10-5-3-9(7)4-6-10/h3-6H2,1-2H3. The minimum atomic E-state index is -3.24. The summed E-state index contributed by atoms with van der Waals surface area (Å²) in [7, 11) is -0.182. The van der Waals surface area contributed by atoms with Crippen LogP contribution in [0.3, 0.4) is 0 Å². The van der Waals surface area contributed by atoms with Crippen molar-refractivity contribution in [2.24, 2.45) is 0 Å². The zero-order chi connectivity index (χ0) is 10.1. The van der Waals surface area contributed by atoms with Gasteiger partial charge in [0.15, 0.2) is 0 Å². The summed E-state index contributed by atoms with van der Waals surface area (Å²) in [4.78, 5) is 0. The smallest absolute Gasteiger partial charge is 0.218 e. The molecule has 0 aromatic rings. The lowest BCUT2D eigenvalue weighted by Crippen LogP contribution is -2.49. The molecular formula is C6H14ClN3O2S. The van der Waals surface area contributed by atoms with Crippen LogP contribution in [-0.2, 0) is 10.2 Å². The van der Waals surface area contributed by atoms with Crippen molar-refractivity contribution in [3.63, 3.8) is 0 Å². The maximum atomic E-state index is 11.6. The highest BCUT2D eigenvalue weighted by molar-refractivity contribution is 7.86. The molecule has 1 saturated heterocycles. The van der Waals surface area contributed by atoms with E-state index in [0.717, 1.165) is 0 Å². The van der Waals surface area contributed by atoms with Crippen molar-refractivity contribution in [2.45, 2.75) is 0 Å². The van der Waals surface area contributed by atoms with Crippen LogP contribution in [0.2, 0.25) is 0 Å². The van der Waals surface area contributed by atoms with Gasteiger partial charge in [0, 0.05) is 40.3 Å². The van der Waals surface area contributed by atoms with Crippen LogP contribution < -0.4 is 0 Å². The minimum Gasteiger partial charge on any atom is -0.218 e. The lowest BCUT2D eigenvalue weighted by molar-refractivity contribution is 0.270. The van der Waals surface area contributed by atoms with E-state index in [4.69, 9.17) is 11.8 Å². The normalized spacial score (nSPS) is 22.5. The molecule has 78 valence electrons. The highest BCUT2D eigenvalue weighted by Gasteiger charge is 2.27. The summed E-state index contributed by atoms with van der Waals surface area (Å²) in [6.45, 7) is 2.08. The van der Waals surface area contributed by atoms with Gasteiger partial charge in [-0.25, -0.2) is 4.42 Å². The van der Waals surface area contributed by atoms with Crippen LogP contribution in [0.5, 0.6) is 0 Å². The van der Waals surface area contributed by atoms with Crippen molar-refractivity contribution in [3.05, 3.63) is 0 Å². The van der Waals surface area contributed by atoms with Gasteiger partial charge in [0.2, 0.25) is 0 Å². The highest BCUT2D eigenvalue weighted by Crippen LogP contribution is 2.10. The van der Waals surface area contributed by atoms with Gasteiger partial charge in [-0.05, 0) is 11.8 Å². The van der Waals surface area contributed by atoms with Gasteiger partial charge >= 0.3 is 0 Å². The molecule has 0 atom stereocenters. The van der Waals surface area contributed by atoms with Crippen LogP contribution in [0.15, 0.2) is 0 Å². The number of nitrogens with zero attached hydrogens (tertiary/aromatic N) is 3. The summed E-state index contributed by atoms with van der Waals surface area (Å²) in [6.07, 6.45) is 0. The van der Waals surface area contributed by atoms with E-state index in [1.807, 2.05) is 0 Å². The molecule has 0 spiro atoms. The summed E-state index contributed by atoms with van der Waals surface area (Å²) in [5.74, 6) is 0. The predicted molar refractivity (Wildman–Crippen MR) is 51.6 cm³/mol. The van der Waals surface area contributed by atoms with E-state index < -0.39 is 10.2 Å². The second-order valence-corrected chi connectivity index (χ2v) is 5.72. The van der Waals surface area contributed by atoms with Gasteiger partial charge in [-0.2, -0.15) is 17.0 Å². The molecule has 5 nitrogen and oxygen atoms in total. The highest BCUT2D eigenvalue weighted by atomic mass is 35.5. The van der Waals surface area contributed by atoms with E-state index in [1.165, 1.54) is 22.7 Å². The average molecular weight is 228 g/mol. The topological polar surface area (TPSA) is 43.9 Å². The second-order valence-electron chi connectivity index (χ2n) is 3.10. The van der Waals surface area contributed by atoms with E-state index in [1.54, 1.807) is 4.42 Å². The molecule has 1 aliphatic rings. The van der Waals surface area contributed by atoms with Crippen LogP contribution in [-0.4, -0.2) is 61.7 Å². The first-order valence-corrected chi connectivity index (χ1v) is 5.76. The first-order valence-electron chi connectivity index (χ1n) is 4.03. The van der Waals surface area contributed by atoms with Gasteiger partial charge in [-0.1, -0.05) is 0 Å². The SMILES string of the molecule is CN(C)S(=O)(=O)N1CCN(Cl)CC1. The molecule has 0 aromatic carbocycles. The molecule has 1 heterocycles. The molecule has 1 rings (SSSR count). The maximum Gasteiger partial charge on any atom is 0.281 e. The average Bonchev–Trinajstić information content (AvgIpc) is 2.04. The Bertz CT molecular complexity index is 259. The molecule has 0 bridgehead atoms. The monoisotopic (exact) mass is 227 g/mol. The molecule has 0 aromatic heterocycles. The van der Waals surface area contributed by atoms with E-state index in [0.29, 0.717) is 26.2 Å². The fourth-order valence-electron chi connectivity index (χ4n) is 1.13. The number of piperazine rings is 1. The van der Waals surface area contributed by atoms with Gasteiger partial charge in [-0.15, -0.1) is 0 Å². The predicted octanol–water partition coefficient (Wildman–Crippen LogP) is -0.436. The molecule has 0 radical (unpaired) electrons. The Labute approximate surface area is 84.1 Å². The quantitative estimate of drug-likeness (QED) is 0.601. The summed E-state index contributed by atoms with van der Waals surface area (Å²) in [6, 6.07) is 0. The summed E-state index contributed by atoms with van der Waals surface area (Å²) in [5, 5.41) is 0. The Balaban J connectivity index is 2.64. The van der Waals surface area contributed by atoms with Gasteiger partial charge in [-0.3, -0.25) is 0 Å². The molecule has 0 unspecified atom stereocenters. The van der Waals surface area contributed by atoms with Gasteiger partial charge < -0.3 is 0 Å². The summed E-state index contributed by atoms with van der Waals surface area (Å²) < 4.78 is 27.4. The van der Waals surface area contributed by atoms with Crippen molar-refractivity contribution in [2.75, 3.05) is 40.3 Å². The van der Waals surface area contributed by atoms with Gasteiger partial charge in [0.1, 0.15) is 0 Å². The molecule has 0 N–H and O–H groups in total. The first kappa shape index (κ1) is 11.2. The number of hydrogen-bond acceptors (Lipinski definition) is 3. The molecule has 1 fully saturated rings. The number of halogens is 1. The van der Waals surface area contributed by atoms with Crippen LogP contribution in [0, 0.1) is 0 Å². The van der Waals surface area contributed by atoms with E-state index >= 15 is 0 Å².